The number of methoxy groups -OCH3 is 1. The Balaban J connectivity index is 2.36. The first-order valence-corrected chi connectivity index (χ1v) is 6.05. The third kappa shape index (κ3) is 4.89. The monoisotopic (exact) mass is 236 g/mol. The Morgan fingerprint density at radius 1 is 1.29 bits per heavy atom. The van der Waals surface area contributed by atoms with Gasteiger partial charge in [-0.05, 0) is 24.5 Å². The fourth-order valence-corrected chi connectivity index (χ4v) is 1.55. The molecule has 0 spiro atoms. The van der Waals surface area contributed by atoms with Crippen molar-refractivity contribution in [3.05, 3.63) is 29.8 Å². The van der Waals surface area contributed by atoms with Crippen LogP contribution >= 0.6 is 0 Å². The number of para-hydroxylation sites is 1. The number of hydrogen-bond acceptors (Lipinski definition) is 3. The van der Waals surface area contributed by atoms with Gasteiger partial charge in [0.25, 0.3) is 0 Å². The fourth-order valence-electron chi connectivity index (χ4n) is 1.55. The molecule has 3 heteroatoms. The van der Waals surface area contributed by atoms with E-state index in [0.29, 0.717) is 19.4 Å². The molecule has 0 aromatic heterocycles. The number of ether oxygens (including phenoxy) is 2. The lowest BCUT2D eigenvalue weighted by Gasteiger charge is -2.08. The zero-order valence-corrected chi connectivity index (χ0v) is 10.6. The summed E-state index contributed by atoms with van der Waals surface area (Å²) in [7, 11) is 1.64. The van der Waals surface area contributed by atoms with Gasteiger partial charge in [-0.25, -0.2) is 0 Å². The average molecular weight is 236 g/mol. The SMILES string of the molecule is CCCCOC(=O)CCc1ccccc1OC. The largest absolute Gasteiger partial charge is 0.496 e. The third-order valence-corrected chi connectivity index (χ3v) is 2.55. The van der Waals surface area contributed by atoms with E-state index < -0.39 is 0 Å². The maximum Gasteiger partial charge on any atom is 0.306 e. The molecule has 1 rings (SSSR count). The van der Waals surface area contributed by atoms with Crippen molar-refractivity contribution in [3.8, 4) is 5.75 Å². The summed E-state index contributed by atoms with van der Waals surface area (Å²) in [5.74, 6) is 0.693. The van der Waals surface area contributed by atoms with E-state index in [4.69, 9.17) is 9.47 Å². The first-order chi connectivity index (χ1) is 8.27. The molecular formula is C14H20O3. The lowest BCUT2D eigenvalue weighted by Crippen LogP contribution is -2.07. The first kappa shape index (κ1) is 13.6. The van der Waals surface area contributed by atoms with Gasteiger partial charge in [0, 0.05) is 6.42 Å². The summed E-state index contributed by atoms with van der Waals surface area (Å²) in [4.78, 5) is 11.4. The Morgan fingerprint density at radius 3 is 2.76 bits per heavy atom. The van der Waals surface area contributed by atoms with Crippen molar-refractivity contribution in [2.45, 2.75) is 32.6 Å². The Morgan fingerprint density at radius 2 is 2.06 bits per heavy atom. The summed E-state index contributed by atoms with van der Waals surface area (Å²) in [5.41, 5.74) is 1.04. The number of unbranched alkanes of at least 4 members (excludes halogenated alkanes) is 1. The molecule has 0 atom stereocenters. The van der Waals surface area contributed by atoms with Gasteiger partial charge in [-0.1, -0.05) is 31.5 Å². The van der Waals surface area contributed by atoms with E-state index in [2.05, 4.69) is 6.92 Å². The molecule has 0 aliphatic carbocycles. The van der Waals surface area contributed by atoms with Gasteiger partial charge in [-0.3, -0.25) is 4.79 Å². The number of aryl methyl sites for hydroxylation is 1. The van der Waals surface area contributed by atoms with Crippen LogP contribution in [-0.2, 0) is 16.0 Å². The van der Waals surface area contributed by atoms with E-state index in [1.165, 1.54) is 0 Å². The van der Waals surface area contributed by atoms with Gasteiger partial charge >= 0.3 is 5.97 Å². The molecular weight excluding hydrogens is 216 g/mol. The highest BCUT2D eigenvalue weighted by Crippen LogP contribution is 2.18. The highest BCUT2D eigenvalue weighted by atomic mass is 16.5. The van der Waals surface area contributed by atoms with Gasteiger partial charge in [0.2, 0.25) is 0 Å². The normalized spacial score (nSPS) is 10.0. The molecule has 0 radical (unpaired) electrons. The molecule has 0 saturated carbocycles. The molecule has 0 fully saturated rings. The molecule has 17 heavy (non-hydrogen) atoms. The number of carbonyl (C=O) groups is 1. The molecule has 0 saturated heterocycles. The van der Waals surface area contributed by atoms with E-state index in [-0.39, 0.29) is 5.97 Å². The second-order valence-electron chi connectivity index (χ2n) is 3.89. The Hall–Kier alpha value is -1.51. The standard InChI is InChI=1S/C14H20O3/c1-3-4-11-17-14(15)10-9-12-7-5-6-8-13(12)16-2/h5-8H,3-4,9-11H2,1-2H3. The van der Waals surface area contributed by atoms with Crippen molar-refractivity contribution >= 4 is 5.97 Å². The van der Waals surface area contributed by atoms with Crippen molar-refractivity contribution < 1.29 is 14.3 Å². The molecule has 0 aliphatic rings. The molecule has 0 heterocycles. The van der Waals surface area contributed by atoms with Gasteiger partial charge in [0.15, 0.2) is 0 Å². The van der Waals surface area contributed by atoms with Crippen LogP contribution in [0.4, 0.5) is 0 Å². The van der Waals surface area contributed by atoms with E-state index >= 15 is 0 Å². The zero-order valence-electron chi connectivity index (χ0n) is 10.6. The van der Waals surface area contributed by atoms with Crippen LogP contribution in [0.5, 0.6) is 5.75 Å². The summed E-state index contributed by atoms with van der Waals surface area (Å²) in [6, 6.07) is 7.73. The third-order valence-electron chi connectivity index (χ3n) is 2.55. The van der Waals surface area contributed by atoms with Gasteiger partial charge < -0.3 is 9.47 Å². The van der Waals surface area contributed by atoms with Crippen LogP contribution in [0.2, 0.25) is 0 Å². The van der Waals surface area contributed by atoms with E-state index in [0.717, 1.165) is 24.2 Å². The van der Waals surface area contributed by atoms with E-state index in [9.17, 15) is 4.79 Å². The van der Waals surface area contributed by atoms with Gasteiger partial charge in [-0.2, -0.15) is 0 Å². The zero-order chi connectivity index (χ0) is 12.5. The van der Waals surface area contributed by atoms with Crippen LogP contribution in [0.25, 0.3) is 0 Å². The lowest BCUT2D eigenvalue weighted by molar-refractivity contribution is -0.143. The lowest BCUT2D eigenvalue weighted by atomic mass is 10.1. The highest BCUT2D eigenvalue weighted by molar-refractivity contribution is 5.69. The number of benzene rings is 1. The van der Waals surface area contributed by atoms with Gasteiger partial charge in [-0.15, -0.1) is 0 Å². The predicted molar refractivity (Wildman–Crippen MR) is 67.2 cm³/mol. The van der Waals surface area contributed by atoms with Gasteiger partial charge in [0.1, 0.15) is 5.75 Å². The summed E-state index contributed by atoms with van der Waals surface area (Å²) in [5, 5.41) is 0. The Labute approximate surface area is 103 Å². The number of esters is 1. The second kappa shape index (κ2) is 7.71. The predicted octanol–water partition coefficient (Wildman–Crippen LogP) is 2.97. The topological polar surface area (TPSA) is 35.5 Å². The van der Waals surface area contributed by atoms with Crippen molar-refractivity contribution in [2.24, 2.45) is 0 Å². The number of rotatable bonds is 7. The van der Waals surface area contributed by atoms with Crippen LogP contribution in [0, 0.1) is 0 Å². The molecule has 0 bridgehead atoms. The van der Waals surface area contributed by atoms with Crippen molar-refractivity contribution in [3.63, 3.8) is 0 Å². The quantitative estimate of drug-likeness (QED) is 0.539. The van der Waals surface area contributed by atoms with Crippen molar-refractivity contribution in [1.29, 1.82) is 0 Å². The van der Waals surface area contributed by atoms with Crippen LogP contribution in [0.3, 0.4) is 0 Å². The number of hydrogen-bond donors (Lipinski definition) is 0. The minimum Gasteiger partial charge on any atom is -0.496 e. The van der Waals surface area contributed by atoms with Crippen LogP contribution in [0.15, 0.2) is 24.3 Å². The summed E-state index contributed by atoms with van der Waals surface area (Å²) in [6.45, 7) is 2.60. The summed E-state index contributed by atoms with van der Waals surface area (Å²) >= 11 is 0. The molecule has 0 amide bonds. The summed E-state index contributed by atoms with van der Waals surface area (Å²) < 4.78 is 10.3. The van der Waals surface area contributed by atoms with E-state index in [1.807, 2.05) is 24.3 Å². The molecule has 0 unspecified atom stereocenters. The molecule has 1 aromatic rings. The fraction of sp³-hybridized carbons (Fsp3) is 0.500. The second-order valence-corrected chi connectivity index (χ2v) is 3.89. The van der Waals surface area contributed by atoms with E-state index in [1.54, 1.807) is 7.11 Å². The molecule has 1 aromatic carbocycles. The van der Waals surface area contributed by atoms with Crippen molar-refractivity contribution in [2.75, 3.05) is 13.7 Å². The molecule has 3 nitrogen and oxygen atoms in total. The average Bonchev–Trinajstić information content (AvgIpc) is 2.37. The molecule has 0 N–H and O–H groups in total. The smallest absolute Gasteiger partial charge is 0.306 e. The molecule has 94 valence electrons. The maximum atomic E-state index is 11.4. The highest BCUT2D eigenvalue weighted by Gasteiger charge is 2.06. The Kier molecular flexibility index (Phi) is 6.15. The van der Waals surface area contributed by atoms with Crippen LogP contribution in [-0.4, -0.2) is 19.7 Å². The minimum atomic E-state index is -0.135. The Bertz CT molecular complexity index is 347. The van der Waals surface area contributed by atoms with Crippen LogP contribution < -0.4 is 4.74 Å². The van der Waals surface area contributed by atoms with Crippen molar-refractivity contribution in [1.82, 2.24) is 0 Å². The number of carbonyl (C=O) groups excluding carboxylic acids is 1. The summed E-state index contributed by atoms with van der Waals surface area (Å²) in [6.07, 6.45) is 3.04. The van der Waals surface area contributed by atoms with Crippen LogP contribution in [0.1, 0.15) is 31.7 Å². The first-order valence-electron chi connectivity index (χ1n) is 6.05. The van der Waals surface area contributed by atoms with Gasteiger partial charge in [0.05, 0.1) is 13.7 Å². The maximum absolute atomic E-state index is 11.4. The molecule has 0 aliphatic heterocycles. The minimum absolute atomic E-state index is 0.135.